The van der Waals surface area contributed by atoms with Gasteiger partial charge in [0.2, 0.25) is 10.0 Å². The van der Waals surface area contributed by atoms with Crippen LogP contribution in [0.3, 0.4) is 0 Å². The van der Waals surface area contributed by atoms with E-state index < -0.39 is 10.0 Å². The van der Waals surface area contributed by atoms with Crippen molar-refractivity contribution in [1.29, 1.82) is 0 Å². The highest BCUT2D eigenvalue weighted by Gasteiger charge is 2.25. The molecule has 1 N–H and O–H groups in total. The Balaban J connectivity index is 1.37. The molecule has 35 heavy (non-hydrogen) atoms. The van der Waals surface area contributed by atoms with E-state index in [1.54, 1.807) is 77.1 Å². The van der Waals surface area contributed by atoms with Gasteiger partial charge < -0.3 is 5.32 Å². The molecule has 0 aliphatic carbocycles. The number of hydrogen-bond donors (Lipinski definition) is 1. The molecule has 1 fully saturated rings. The first-order chi connectivity index (χ1) is 17.0. The summed E-state index contributed by atoms with van der Waals surface area (Å²) in [5.74, 6) is -0.511. The molecule has 0 atom stereocenters. The van der Waals surface area contributed by atoms with E-state index in [-0.39, 0.29) is 11.7 Å². The van der Waals surface area contributed by atoms with Gasteiger partial charge in [-0.15, -0.1) is 0 Å². The molecule has 1 saturated heterocycles. The summed E-state index contributed by atoms with van der Waals surface area (Å²) in [5, 5.41) is 2.88. The fourth-order valence-electron chi connectivity index (χ4n) is 4.30. The molecular formula is C28H30N2O4S. The molecule has 6 nitrogen and oxygen atoms in total. The SMILES string of the molecule is O=C(NCCc1ccc(S(=O)(=O)N2CCCCCC2)cc1)c1ccccc1C(=O)c1ccccc1. The van der Waals surface area contributed by atoms with Gasteiger partial charge in [-0.25, -0.2) is 8.42 Å². The molecule has 182 valence electrons. The van der Waals surface area contributed by atoms with Crippen LogP contribution in [0.15, 0.2) is 83.8 Å². The number of hydrogen-bond acceptors (Lipinski definition) is 4. The van der Waals surface area contributed by atoms with Crippen LogP contribution in [0.5, 0.6) is 0 Å². The summed E-state index contributed by atoms with van der Waals surface area (Å²) < 4.78 is 27.5. The van der Waals surface area contributed by atoms with Crippen molar-refractivity contribution in [2.75, 3.05) is 19.6 Å². The summed E-state index contributed by atoms with van der Waals surface area (Å²) in [6, 6.07) is 22.5. The van der Waals surface area contributed by atoms with Gasteiger partial charge in [-0.05, 0) is 43.0 Å². The van der Waals surface area contributed by atoms with Crippen LogP contribution < -0.4 is 5.32 Å². The lowest BCUT2D eigenvalue weighted by Crippen LogP contribution is -2.31. The molecule has 0 spiro atoms. The zero-order chi connectivity index (χ0) is 24.7. The molecule has 1 aliphatic rings. The van der Waals surface area contributed by atoms with Gasteiger partial charge >= 0.3 is 0 Å². The van der Waals surface area contributed by atoms with E-state index in [4.69, 9.17) is 0 Å². The number of sulfonamides is 1. The normalized spacial score (nSPS) is 14.7. The Morgan fingerprint density at radius 3 is 2.00 bits per heavy atom. The van der Waals surface area contributed by atoms with E-state index in [0.717, 1.165) is 31.2 Å². The largest absolute Gasteiger partial charge is 0.352 e. The lowest BCUT2D eigenvalue weighted by molar-refractivity contribution is 0.0942. The second kappa shape index (κ2) is 11.4. The Hall–Kier alpha value is -3.29. The molecule has 1 aliphatic heterocycles. The molecule has 0 unspecified atom stereocenters. The first-order valence-electron chi connectivity index (χ1n) is 12.0. The first kappa shape index (κ1) is 24.8. The standard InChI is InChI=1S/C28H30N2O4S/c31-27(23-10-4-3-5-11-23)25-12-6-7-13-26(25)28(32)29-19-18-22-14-16-24(17-15-22)35(33,34)30-20-8-1-2-9-21-30/h3-7,10-17H,1-2,8-9,18-21H2,(H,29,32). The molecule has 0 bridgehead atoms. The average molecular weight is 491 g/mol. The van der Waals surface area contributed by atoms with Crippen molar-refractivity contribution in [3.05, 3.63) is 101 Å². The minimum Gasteiger partial charge on any atom is -0.352 e. The molecule has 3 aromatic carbocycles. The van der Waals surface area contributed by atoms with Gasteiger partial charge in [0.1, 0.15) is 0 Å². The van der Waals surface area contributed by atoms with Crippen LogP contribution in [0.4, 0.5) is 0 Å². The molecule has 1 amide bonds. The number of carbonyl (C=O) groups excluding carboxylic acids is 2. The smallest absolute Gasteiger partial charge is 0.252 e. The van der Waals surface area contributed by atoms with E-state index in [1.165, 1.54) is 0 Å². The van der Waals surface area contributed by atoms with E-state index in [0.29, 0.717) is 47.6 Å². The topological polar surface area (TPSA) is 83.6 Å². The van der Waals surface area contributed by atoms with Crippen molar-refractivity contribution in [2.24, 2.45) is 0 Å². The number of benzene rings is 3. The summed E-state index contributed by atoms with van der Waals surface area (Å²) in [7, 11) is -3.48. The quantitative estimate of drug-likeness (QED) is 0.473. The van der Waals surface area contributed by atoms with Gasteiger partial charge in [0.15, 0.2) is 5.78 Å². The number of carbonyl (C=O) groups is 2. The third-order valence-corrected chi connectivity index (χ3v) is 8.19. The average Bonchev–Trinajstić information content (AvgIpc) is 3.19. The van der Waals surface area contributed by atoms with Crippen LogP contribution in [-0.2, 0) is 16.4 Å². The molecule has 0 saturated carbocycles. The van der Waals surface area contributed by atoms with Gasteiger partial charge in [-0.1, -0.05) is 73.5 Å². The molecule has 4 rings (SSSR count). The first-order valence-corrected chi connectivity index (χ1v) is 13.5. The lowest BCUT2D eigenvalue weighted by atomic mass is 9.98. The zero-order valence-corrected chi connectivity index (χ0v) is 20.5. The second-order valence-electron chi connectivity index (χ2n) is 8.71. The van der Waals surface area contributed by atoms with Gasteiger partial charge in [0.05, 0.1) is 10.5 Å². The minimum atomic E-state index is -3.48. The molecule has 7 heteroatoms. The summed E-state index contributed by atoms with van der Waals surface area (Å²) in [6.45, 7) is 1.51. The van der Waals surface area contributed by atoms with Crippen molar-refractivity contribution in [1.82, 2.24) is 9.62 Å². The predicted octanol–water partition coefficient (Wildman–Crippen LogP) is 4.45. The second-order valence-corrected chi connectivity index (χ2v) is 10.6. The third-order valence-electron chi connectivity index (χ3n) is 6.28. The maximum atomic E-state index is 12.9. The van der Waals surface area contributed by atoms with Crippen molar-refractivity contribution >= 4 is 21.7 Å². The van der Waals surface area contributed by atoms with E-state index in [9.17, 15) is 18.0 Å². The highest BCUT2D eigenvalue weighted by molar-refractivity contribution is 7.89. The summed E-state index contributed by atoms with van der Waals surface area (Å²) in [6.07, 6.45) is 4.49. The number of amides is 1. The predicted molar refractivity (Wildman–Crippen MR) is 136 cm³/mol. The number of nitrogens with one attached hydrogen (secondary N) is 1. The summed E-state index contributed by atoms with van der Waals surface area (Å²) in [4.78, 5) is 26.0. The van der Waals surface area contributed by atoms with Gasteiger partial charge in [0, 0.05) is 30.8 Å². The summed E-state index contributed by atoms with van der Waals surface area (Å²) >= 11 is 0. The Morgan fingerprint density at radius 2 is 1.34 bits per heavy atom. The van der Waals surface area contributed by atoms with Crippen LogP contribution >= 0.6 is 0 Å². The highest BCUT2D eigenvalue weighted by Crippen LogP contribution is 2.21. The zero-order valence-electron chi connectivity index (χ0n) is 19.7. The van der Waals surface area contributed by atoms with Gasteiger partial charge in [-0.2, -0.15) is 4.31 Å². The maximum absolute atomic E-state index is 12.9. The van der Waals surface area contributed by atoms with E-state index in [2.05, 4.69) is 5.32 Å². The van der Waals surface area contributed by atoms with Crippen LogP contribution in [0.25, 0.3) is 0 Å². The highest BCUT2D eigenvalue weighted by atomic mass is 32.2. The molecule has 1 heterocycles. The van der Waals surface area contributed by atoms with Gasteiger partial charge in [-0.3, -0.25) is 9.59 Å². The Labute approximate surface area is 207 Å². The fraction of sp³-hybridized carbons (Fsp3) is 0.286. The molecular weight excluding hydrogens is 460 g/mol. The van der Waals surface area contributed by atoms with Crippen LogP contribution in [-0.4, -0.2) is 44.0 Å². The Morgan fingerprint density at radius 1 is 0.743 bits per heavy atom. The third kappa shape index (κ3) is 6.05. The van der Waals surface area contributed by atoms with E-state index >= 15 is 0 Å². The number of nitrogens with zero attached hydrogens (tertiary/aromatic N) is 1. The van der Waals surface area contributed by atoms with Crippen LogP contribution in [0.1, 0.15) is 57.5 Å². The van der Waals surface area contributed by atoms with Crippen molar-refractivity contribution in [3.8, 4) is 0 Å². The minimum absolute atomic E-state index is 0.197. The lowest BCUT2D eigenvalue weighted by Gasteiger charge is -2.20. The van der Waals surface area contributed by atoms with E-state index in [1.807, 2.05) is 6.07 Å². The maximum Gasteiger partial charge on any atom is 0.252 e. The monoisotopic (exact) mass is 490 g/mol. The van der Waals surface area contributed by atoms with Crippen molar-refractivity contribution in [2.45, 2.75) is 37.0 Å². The fourth-order valence-corrected chi connectivity index (χ4v) is 5.82. The number of ketones is 1. The van der Waals surface area contributed by atoms with Crippen LogP contribution in [0.2, 0.25) is 0 Å². The van der Waals surface area contributed by atoms with Crippen LogP contribution in [0, 0.1) is 0 Å². The van der Waals surface area contributed by atoms with Crippen molar-refractivity contribution in [3.63, 3.8) is 0 Å². The Bertz CT molecular complexity index is 1260. The molecule has 0 radical (unpaired) electrons. The van der Waals surface area contributed by atoms with Crippen molar-refractivity contribution < 1.29 is 18.0 Å². The molecule has 0 aromatic heterocycles. The van der Waals surface area contributed by atoms with Gasteiger partial charge in [0.25, 0.3) is 5.91 Å². The number of rotatable bonds is 8. The Kier molecular flexibility index (Phi) is 8.10. The molecule has 3 aromatic rings. The summed E-state index contributed by atoms with van der Waals surface area (Å²) in [5.41, 5.74) is 2.15.